The SMILES string of the molecule is COC[C@@H](C)NC(=O)c1cncn1-c1ccc(-c2cc(C(F)(F)F)cc(C(F)(F)F)c2)cc1. The normalized spacial score (nSPS) is 13.1. The van der Waals surface area contributed by atoms with Gasteiger partial charge in [-0.15, -0.1) is 0 Å². The van der Waals surface area contributed by atoms with Gasteiger partial charge in [-0.2, -0.15) is 26.3 Å². The van der Waals surface area contributed by atoms with Crippen molar-refractivity contribution in [2.75, 3.05) is 13.7 Å². The number of hydrogen-bond donors (Lipinski definition) is 1. The summed E-state index contributed by atoms with van der Waals surface area (Å²) in [4.78, 5) is 16.4. The van der Waals surface area contributed by atoms with Crippen LogP contribution in [-0.2, 0) is 17.1 Å². The number of rotatable bonds is 6. The number of hydrogen-bond acceptors (Lipinski definition) is 3. The summed E-state index contributed by atoms with van der Waals surface area (Å²) < 4.78 is 85.2. The van der Waals surface area contributed by atoms with E-state index >= 15 is 0 Å². The minimum absolute atomic E-state index is 0.0822. The van der Waals surface area contributed by atoms with Crippen molar-refractivity contribution in [3.05, 3.63) is 71.8 Å². The molecule has 0 unspecified atom stereocenters. The number of benzene rings is 2. The molecule has 3 aromatic rings. The zero-order chi connectivity index (χ0) is 24.4. The summed E-state index contributed by atoms with van der Waals surface area (Å²) in [6.45, 7) is 2.05. The number of nitrogens with zero attached hydrogens (tertiary/aromatic N) is 2. The predicted molar refractivity (Wildman–Crippen MR) is 108 cm³/mol. The van der Waals surface area contributed by atoms with Crippen LogP contribution in [0.15, 0.2) is 55.0 Å². The van der Waals surface area contributed by atoms with Crippen LogP contribution >= 0.6 is 0 Å². The molecule has 1 amide bonds. The highest BCUT2D eigenvalue weighted by molar-refractivity contribution is 5.93. The monoisotopic (exact) mass is 471 g/mol. The summed E-state index contributed by atoms with van der Waals surface area (Å²) in [5.74, 6) is -0.422. The average Bonchev–Trinajstić information content (AvgIpc) is 3.22. The fourth-order valence-corrected chi connectivity index (χ4v) is 3.19. The molecule has 0 saturated heterocycles. The van der Waals surface area contributed by atoms with E-state index in [1.54, 1.807) is 6.92 Å². The van der Waals surface area contributed by atoms with E-state index in [4.69, 9.17) is 4.74 Å². The van der Waals surface area contributed by atoms with Gasteiger partial charge in [0.1, 0.15) is 5.69 Å². The zero-order valence-electron chi connectivity index (χ0n) is 17.5. The number of amides is 1. The smallest absolute Gasteiger partial charge is 0.383 e. The van der Waals surface area contributed by atoms with Gasteiger partial charge in [-0.05, 0) is 48.4 Å². The summed E-state index contributed by atoms with van der Waals surface area (Å²) in [5.41, 5.74) is -2.23. The minimum Gasteiger partial charge on any atom is -0.383 e. The van der Waals surface area contributed by atoms with Gasteiger partial charge >= 0.3 is 12.4 Å². The van der Waals surface area contributed by atoms with Gasteiger partial charge in [-0.25, -0.2) is 4.98 Å². The number of carbonyl (C=O) groups excluding carboxylic acids is 1. The maximum Gasteiger partial charge on any atom is 0.416 e. The largest absolute Gasteiger partial charge is 0.416 e. The third-order valence-electron chi connectivity index (χ3n) is 4.73. The van der Waals surface area contributed by atoms with Crippen LogP contribution in [0.1, 0.15) is 28.5 Å². The van der Waals surface area contributed by atoms with E-state index in [2.05, 4.69) is 10.3 Å². The van der Waals surface area contributed by atoms with E-state index < -0.39 is 29.4 Å². The molecule has 0 aliphatic carbocycles. The molecule has 0 aliphatic rings. The molecule has 0 bridgehead atoms. The van der Waals surface area contributed by atoms with Crippen molar-refractivity contribution in [3.8, 4) is 16.8 Å². The molecule has 0 fully saturated rings. The van der Waals surface area contributed by atoms with Crippen molar-refractivity contribution in [2.24, 2.45) is 0 Å². The molecule has 0 radical (unpaired) electrons. The molecule has 1 N–H and O–H groups in total. The molecule has 0 spiro atoms. The second-order valence-corrected chi connectivity index (χ2v) is 7.32. The van der Waals surface area contributed by atoms with E-state index in [0.29, 0.717) is 24.4 Å². The summed E-state index contributed by atoms with van der Waals surface area (Å²) in [7, 11) is 1.50. The predicted octanol–water partition coefficient (Wildman–Crippen LogP) is 5.34. The van der Waals surface area contributed by atoms with Crippen molar-refractivity contribution >= 4 is 5.91 Å². The van der Waals surface area contributed by atoms with Crippen LogP contribution in [0.2, 0.25) is 0 Å². The second kappa shape index (κ2) is 9.26. The Morgan fingerprint density at radius 1 is 1.00 bits per heavy atom. The summed E-state index contributed by atoms with van der Waals surface area (Å²) in [6, 6.07) is 6.84. The number of carbonyl (C=O) groups is 1. The van der Waals surface area contributed by atoms with Crippen molar-refractivity contribution in [1.29, 1.82) is 0 Å². The van der Waals surface area contributed by atoms with Gasteiger partial charge in [0.05, 0.1) is 30.3 Å². The number of ether oxygens (including phenoxy) is 1. The summed E-state index contributed by atoms with van der Waals surface area (Å²) in [5, 5.41) is 2.73. The van der Waals surface area contributed by atoms with Gasteiger partial charge in [0, 0.05) is 18.8 Å². The Kier molecular flexibility index (Phi) is 6.82. The minimum atomic E-state index is -4.94. The number of nitrogens with one attached hydrogen (secondary N) is 1. The zero-order valence-corrected chi connectivity index (χ0v) is 17.5. The second-order valence-electron chi connectivity index (χ2n) is 7.32. The lowest BCUT2D eigenvalue weighted by Gasteiger charge is -2.15. The van der Waals surface area contributed by atoms with Crippen molar-refractivity contribution < 1.29 is 35.9 Å². The number of methoxy groups -OCH3 is 1. The Bertz CT molecular complexity index is 1090. The average molecular weight is 471 g/mol. The molecule has 176 valence electrons. The Balaban J connectivity index is 1.94. The molecule has 1 aromatic heterocycles. The van der Waals surface area contributed by atoms with E-state index in [0.717, 1.165) is 0 Å². The Morgan fingerprint density at radius 3 is 2.09 bits per heavy atom. The maximum atomic E-state index is 13.1. The topological polar surface area (TPSA) is 56.1 Å². The van der Waals surface area contributed by atoms with Crippen LogP contribution < -0.4 is 5.32 Å². The highest BCUT2D eigenvalue weighted by atomic mass is 19.4. The van der Waals surface area contributed by atoms with E-state index in [1.165, 1.54) is 48.5 Å². The van der Waals surface area contributed by atoms with Gasteiger partial charge in [-0.1, -0.05) is 12.1 Å². The lowest BCUT2D eigenvalue weighted by molar-refractivity contribution is -0.143. The highest BCUT2D eigenvalue weighted by Crippen LogP contribution is 2.38. The first-order valence-corrected chi connectivity index (χ1v) is 9.62. The first-order valence-electron chi connectivity index (χ1n) is 9.62. The number of imidazole rings is 1. The quantitative estimate of drug-likeness (QED) is 0.494. The molecular weight excluding hydrogens is 452 g/mol. The van der Waals surface area contributed by atoms with Crippen molar-refractivity contribution in [1.82, 2.24) is 14.9 Å². The Labute approximate surface area is 185 Å². The third-order valence-corrected chi connectivity index (χ3v) is 4.73. The number of aromatic nitrogens is 2. The first kappa shape index (κ1) is 24.3. The van der Waals surface area contributed by atoms with Gasteiger partial charge in [0.15, 0.2) is 0 Å². The Morgan fingerprint density at radius 2 is 1.58 bits per heavy atom. The van der Waals surface area contributed by atoms with Crippen molar-refractivity contribution in [3.63, 3.8) is 0 Å². The highest BCUT2D eigenvalue weighted by Gasteiger charge is 2.37. The lowest BCUT2D eigenvalue weighted by Crippen LogP contribution is -2.36. The molecular formula is C22H19F6N3O2. The van der Waals surface area contributed by atoms with Gasteiger partial charge in [0.2, 0.25) is 0 Å². The number of alkyl halides is 6. The fraction of sp³-hybridized carbons (Fsp3) is 0.273. The van der Waals surface area contributed by atoms with Crippen LogP contribution in [0.25, 0.3) is 16.8 Å². The van der Waals surface area contributed by atoms with Crippen LogP contribution in [0, 0.1) is 0 Å². The summed E-state index contributed by atoms with van der Waals surface area (Å²) >= 11 is 0. The van der Waals surface area contributed by atoms with Gasteiger partial charge in [-0.3, -0.25) is 9.36 Å². The molecule has 11 heteroatoms. The molecule has 1 atom stereocenters. The third kappa shape index (κ3) is 5.72. The summed E-state index contributed by atoms with van der Waals surface area (Å²) in [6.07, 6.45) is -7.16. The van der Waals surface area contributed by atoms with E-state index in [9.17, 15) is 31.1 Å². The van der Waals surface area contributed by atoms with Crippen molar-refractivity contribution in [2.45, 2.75) is 25.3 Å². The molecule has 0 saturated carbocycles. The number of halogens is 6. The molecule has 3 rings (SSSR count). The molecule has 0 aliphatic heterocycles. The van der Waals surface area contributed by atoms with Gasteiger partial charge < -0.3 is 10.1 Å². The first-order chi connectivity index (χ1) is 15.4. The van der Waals surface area contributed by atoms with E-state index in [-0.39, 0.29) is 28.9 Å². The lowest BCUT2D eigenvalue weighted by atomic mass is 9.99. The molecule has 5 nitrogen and oxygen atoms in total. The van der Waals surface area contributed by atoms with Crippen LogP contribution in [0.5, 0.6) is 0 Å². The fourth-order valence-electron chi connectivity index (χ4n) is 3.19. The molecule has 33 heavy (non-hydrogen) atoms. The standard InChI is InChI=1S/C22H19F6N3O2/c1-13(11-33-2)30-20(32)19-10-29-12-31(19)18-5-3-14(4-6-18)15-7-16(21(23,24)25)9-17(8-15)22(26,27)28/h3-10,12-13H,11H2,1-2H3,(H,30,32)/t13-/m1/s1. The van der Waals surface area contributed by atoms with E-state index in [1.807, 2.05) is 0 Å². The van der Waals surface area contributed by atoms with Gasteiger partial charge in [0.25, 0.3) is 5.91 Å². The maximum absolute atomic E-state index is 13.1. The van der Waals surface area contributed by atoms with Crippen LogP contribution in [-0.4, -0.2) is 35.2 Å². The molecule has 2 aromatic carbocycles. The molecule has 1 heterocycles. The Hall–Kier alpha value is -3.34. The van der Waals surface area contributed by atoms with Crippen LogP contribution in [0.3, 0.4) is 0 Å². The van der Waals surface area contributed by atoms with Crippen LogP contribution in [0.4, 0.5) is 26.3 Å².